The lowest BCUT2D eigenvalue weighted by molar-refractivity contribution is -0.123. The fourth-order valence-corrected chi connectivity index (χ4v) is 2.43. The number of amides is 1. The summed E-state index contributed by atoms with van der Waals surface area (Å²) in [5.41, 5.74) is -0.215. The van der Waals surface area contributed by atoms with E-state index in [1.165, 1.54) is 6.26 Å². The third-order valence-corrected chi connectivity index (χ3v) is 3.68. The molecule has 0 saturated heterocycles. The van der Waals surface area contributed by atoms with E-state index < -0.39 is 5.60 Å². The smallest absolute Gasteiger partial charge is 0.240 e. The number of nitrogens with one attached hydrogen (secondary N) is 1. The van der Waals surface area contributed by atoms with Gasteiger partial charge in [-0.05, 0) is 36.6 Å². The molecule has 0 spiro atoms. The van der Waals surface area contributed by atoms with E-state index in [4.69, 9.17) is 4.42 Å². The normalized spacial score (nSPS) is 13.9. The molecule has 3 rings (SSSR count). The minimum absolute atomic E-state index is 0.0958. The summed E-state index contributed by atoms with van der Waals surface area (Å²) in [6.07, 6.45) is 3.38. The van der Waals surface area contributed by atoms with Crippen molar-refractivity contribution in [3.8, 4) is 0 Å². The van der Waals surface area contributed by atoms with E-state index in [2.05, 4.69) is 5.32 Å². The van der Waals surface area contributed by atoms with Gasteiger partial charge in [0.25, 0.3) is 0 Å². The number of rotatable bonds is 5. The summed E-state index contributed by atoms with van der Waals surface area (Å²) < 4.78 is 7.07. The van der Waals surface area contributed by atoms with E-state index in [1.807, 2.05) is 41.1 Å². The summed E-state index contributed by atoms with van der Waals surface area (Å²) in [5, 5.41) is 14.1. The molecule has 0 radical (unpaired) electrons. The molecule has 3 aromatic rings. The van der Waals surface area contributed by atoms with Gasteiger partial charge in [-0.2, -0.15) is 0 Å². The standard InChI is InChI=1S/C17H18N2O3/c1-17(21,15-7-4-10-22-15)12-18-16(20)11-19-9-8-13-5-2-3-6-14(13)19/h2-10,21H,11-12H2,1H3,(H,18,20). The Balaban J connectivity index is 1.63. The monoisotopic (exact) mass is 298 g/mol. The lowest BCUT2D eigenvalue weighted by Crippen LogP contribution is -2.39. The van der Waals surface area contributed by atoms with Crippen molar-refractivity contribution in [3.63, 3.8) is 0 Å². The van der Waals surface area contributed by atoms with Crippen LogP contribution in [0.2, 0.25) is 0 Å². The van der Waals surface area contributed by atoms with Crippen LogP contribution in [-0.4, -0.2) is 22.1 Å². The highest BCUT2D eigenvalue weighted by Crippen LogP contribution is 2.20. The van der Waals surface area contributed by atoms with Crippen LogP contribution in [0.25, 0.3) is 10.9 Å². The molecule has 1 aromatic carbocycles. The Morgan fingerprint density at radius 2 is 2.09 bits per heavy atom. The molecule has 114 valence electrons. The largest absolute Gasteiger partial charge is 0.466 e. The van der Waals surface area contributed by atoms with Crippen molar-refractivity contribution < 1.29 is 14.3 Å². The van der Waals surface area contributed by atoms with Crippen molar-refractivity contribution in [3.05, 3.63) is 60.7 Å². The second kappa shape index (κ2) is 5.69. The minimum Gasteiger partial charge on any atom is -0.466 e. The molecule has 5 nitrogen and oxygen atoms in total. The van der Waals surface area contributed by atoms with Crippen LogP contribution in [0.3, 0.4) is 0 Å². The Morgan fingerprint density at radius 3 is 2.86 bits per heavy atom. The maximum absolute atomic E-state index is 12.1. The maximum atomic E-state index is 12.1. The van der Waals surface area contributed by atoms with Crippen LogP contribution in [-0.2, 0) is 16.9 Å². The number of aromatic nitrogens is 1. The topological polar surface area (TPSA) is 67.4 Å². The highest BCUT2D eigenvalue weighted by atomic mass is 16.4. The summed E-state index contributed by atoms with van der Waals surface area (Å²) in [5.74, 6) is 0.271. The first kappa shape index (κ1) is 14.4. The van der Waals surface area contributed by atoms with E-state index in [0.717, 1.165) is 10.9 Å². The zero-order chi connectivity index (χ0) is 15.6. The van der Waals surface area contributed by atoms with Gasteiger partial charge in [-0.15, -0.1) is 0 Å². The lowest BCUT2D eigenvalue weighted by Gasteiger charge is -2.21. The van der Waals surface area contributed by atoms with Crippen LogP contribution in [0.1, 0.15) is 12.7 Å². The molecule has 0 aliphatic rings. The summed E-state index contributed by atoms with van der Waals surface area (Å²) in [4.78, 5) is 12.1. The van der Waals surface area contributed by atoms with Gasteiger partial charge in [0.1, 0.15) is 17.9 Å². The number of nitrogens with zero attached hydrogens (tertiary/aromatic N) is 1. The highest BCUT2D eigenvalue weighted by Gasteiger charge is 2.26. The third kappa shape index (κ3) is 2.89. The summed E-state index contributed by atoms with van der Waals surface area (Å²) in [6.45, 7) is 1.91. The minimum atomic E-state index is -1.22. The van der Waals surface area contributed by atoms with Gasteiger partial charge in [0.2, 0.25) is 5.91 Å². The predicted octanol–water partition coefficient (Wildman–Crippen LogP) is 2.26. The van der Waals surface area contributed by atoms with Crippen LogP contribution in [0.15, 0.2) is 59.3 Å². The average Bonchev–Trinajstić information content (AvgIpc) is 3.16. The molecule has 0 aliphatic heterocycles. The quantitative estimate of drug-likeness (QED) is 0.759. The Hall–Kier alpha value is -2.53. The average molecular weight is 298 g/mol. The van der Waals surface area contributed by atoms with Crippen molar-refractivity contribution in [2.75, 3.05) is 6.54 Å². The molecular formula is C17H18N2O3. The van der Waals surface area contributed by atoms with Gasteiger partial charge in [0.15, 0.2) is 0 Å². The molecule has 2 aromatic heterocycles. The van der Waals surface area contributed by atoms with Crippen LogP contribution in [0.5, 0.6) is 0 Å². The first-order chi connectivity index (χ1) is 10.6. The molecule has 1 unspecified atom stereocenters. The zero-order valence-corrected chi connectivity index (χ0v) is 12.3. The van der Waals surface area contributed by atoms with Gasteiger partial charge in [-0.1, -0.05) is 18.2 Å². The summed E-state index contributed by atoms with van der Waals surface area (Å²) in [6, 6.07) is 13.3. The van der Waals surface area contributed by atoms with Crippen molar-refractivity contribution in [2.45, 2.75) is 19.1 Å². The number of carbonyl (C=O) groups excluding carboxylic acids is 1. The van der Waals surface area contributed by atoms with Crippen LogP contribution >= 0.6 is 0 Å². The molecule has 5 heteroatoms. The van der Waals surface area contributed by atoms with E-state index in [9.17, 15) is 9.90 Å². The molecule has 1 amide bonds. The molecule has 2 N–H and O–H groups in total. The van der Waals surface area contributed by atoms with Crippen molar-refractivity contribution in [1.82, 2.24) is 9.88 Å². The van der Waals surface area contributed by atoms with Gasteiger partial charge in [0, 0.05) is 11.7 Å². The number of hydrogen-bond donors (Lipinski definition) is 2. The van der Waals surface area contributed by atoms with Crippen LogP contribution in [0, 0.1) is 0 Å². The van der Waals surface area contributed by atoms with Gasteiger partial charge in [-0.25, -0.2) is 0 Å². The Kier molecular flexibility index (Phi) is 3.73. The van der Waals surface area contributed by atoms with Crippen LogP contribution < -0.4 is 5.32 Å². The summed E-state index contributed by atoms with van der Waals surface area (Å²) in [7, 11) is 0. The van der Waals surface area contributed by atoms with E-state index in [0.29, 0.717) is 5.76 Å². The Labute approximate surface area is 128 Å². The van der Waals surface area contributed by atoms with Crippen molar-refractivity contribution >= 4 is 16.8 Å². The maximum Gasteiger partial charge on any atom is 0.240 e. The number of benzene rings is 1. The fraction of sp³-hybridized carbons (Fsp3) is 0.235. The van der Waals surface area contributed by atoms with E-state index in [1.54, 1.807) is 19.1 Å². The van der Waals surface area contributed by atoms with E-state index in [-0.39, 0.29) is 19.0 Å². The van der Waals surface area contributed by atoms with Crippen LogP contribution in [0.4, 0.5) is 0 Å². The number of para-hydroxylation sites is 1. The van der Waals surface area contributed by atoms with Gasteiger partial charge in [0.05, 0.1) is 12.8 Å². The number of furan rings is 1. The molecule has 1 atom stereocenters. The Morgan fingerprint density at radius 1 is 1.27 bits per heavy atom. The molecule has 22 heavy (non-hydrogen) atoms. The number of aliphatic hydroxyl groups is 1. The van der Waals surface area contributed by atoms with Gasteiger partial charge in [-0.3, -0.25) is 4.79 Å². The molecule has 0 bridgehead atoms. The first-order valence-corrected chi connectivity index (χ1v) is 7.13. The molecule has 0 aliphatic carbocycles. The number of hydrogen-bond acceptors (Lipinski definition) is 3. The zero-order valence-electron chi connectivity index (χ0n) is 12.3. The first-order valence-electron chi connectivity index (χ1n) is 7.13. The highest BCUT2D eigenvalue weighted by molar-refractivity contribution is 5.83. The summed E-state index contributed by atoms with van der Waals surface area (Å²) >= 11 is 0. The van der Waals surface area contributed by atoms with Crippen molar-refractivity contribution in [1.29, 1.82) is 0 Å². The third-order valence-electron chi connectivity index (χ3n) is 3.68. The Bertz CT molecular complexity index is 772. The SMILES string of the molecule is CC(O)(CNC(=O)Cn1ccc2ccccc21)c1ccco1. The van der Waals surface area contributed by atoms with E-state index >= 15 is 0 Å². The number of carbonyl (C=O) groups is 1. The van der Waals surface area contributed by atoms with Gasteiger partial charge >= 0.3 is 0 Å². The molecule has 0 saturated carbocycles. The molecule has 2 heterocycles. The molecule has 0 fully saturated rings. The predicted molar refractivity (Wildman–Crippen MR) is 83.2 cm³/mol. The van der Waals surface area contributed by atoms with Crippen molar-refractivity contribution in [2.24, 2.45) is 0 Å². The molecular weight excluding hydrogens is 280 g/mol. The second-order valence-electron chi connectivity index (χ2n) is 5.53. The second-order valence-corrected chi connectivity index (χ2v) is 5.53. The van der Waals surface area contributed by atoms with Gasteiger partial charge < -0.3 is 19.4 Å². The lowest BCUT2D eigenvalue weighted by atomic mass is 10.0. The number of fused-ring (bicyclic) bond motifs is 1. The fourth-order valence-electron chi connectivity index (χ4n) is 2.43.